The Labute approximate surface area is 126 Å². The number of β-amino-alcohol motifs (C(OH)–C–C–N with tert-alkyl or cyclic N) is 1. The third-order valence-corrected chi connectivity index (χ3v) is 3.18. The maximum atomic E-state index is 12.7. The van der Waals surface area contributed by atoms with Crippen molar-refractivity contribution < 1.29 is 23.0 Å². The van der Waals surface area contributed by atoms with Crippen LogP contribution >= 0.6 is 0 Å². The van der Waals surface area contributed by atoms with Gasteiger partial charge >= 0.3 is 6.18 Å². The molecule has 0 unspecified atom stereocenters. The van der Waals surface area contributed by atoms with Crippen LogP contribution in [0.5, 0.6) is 0 Å². The van der Waals surface area contributed by atoms with Crippen LogP contribution in [0.4, 0.5) is 13.2 Å². The van der Waals surface area contributed by atoms with Crippen molar-refractivity contribution in [3.8, 4) is 0 Å². The summed E-state index contributed by atoms with van der Waals surface area (Å²) < 4.78 is 43.3. The van der Waals surface area contributed by atoms with E-state index in [-0.39, 0.29) is 31.2 Å². The fraction of sp³-hybridized carbons (Fsp3) is 0.692. The van der Waals surface area contributed by atoms with Gasteiger partial charge in [0.1, 0.15) is 17.1 Å². The first kappa shape index (κ1) is 17.1. The molecule has 0 spiro atoms. The van der Waals surface area contributed by atoms with Crippen molar-refractivity contribution in [2.24, 2.45) is 0 Å². The molecule has 2 rings (SSSR count). The molecule has 22 heavy (non-hydrogen) atoms. The van der Waals surface area contributed by atoms with E-state index in [1.54, 1.807) is 0 Å². The summed E-state index contributed by atoms with van der Waals surface area (Å²) in [5, 5.41) is 16.2. The van der Waals surface area contributed by atoms with Crippen molar-refractivity contribution in [1.29, 1.82) is 0 Å². The number of nitrogens with zero attached hydrogens (tertiary/aromatic N) is 2. The first-order valence-electron chi connectivity index (χ1n) is 6.92. The highest BCUT2D eigenvalue weighted by Gasteiger charge is 2.33. The average molecular weight is 320 g/mol. The van der Waals surface area contributed by atoms with E-state index in [4.69, 9.17) is 4.74 Å². The van der Waals surface area contributed by atoms with E-state index in [0.717, 1.165) is 6.07 Å². The monoisotopic (exact) mass is 320 g/mol. The summed E-state index contributed by atoms with van der Waals surface area (Å²) in [6.07, 6.45) is -4.50. The normalized spacial score (nSPS) is 23.3. The van der Waals surface area contributed by atoms with E-state index in [1.807, 2.05) is 0 Å². The molecule has 1 atom stereocenters. The number of aliphatic hydroxyl groups is 1. The lowest BCUT2D eigenvalue weighted by Crippen LogP contribution is -2.50. The molecule has 0 radical (unpaired) electrons. The molecule has 2 heterocycles. The van der Waals surface area contributed by atoms with E-state index in [2.05, 4.69) is 20.6 Å². The summed E-state index contributed by atoms with van der Waals surface area (Å²) in [4.78, 5) is 7.47. The highest BCUT2D eigenvalue weighted by Crippen LogP contribution is 2.27. The Balaban J connectivity index is 1.95. The maximum absolute atomic E-state index is 12.7. The molecule has 0 bridgehead atoms. The first-order valence-corrected chi connectivity index (χ1v) is 6.92. The summed E-state index contributed by atoms with van der Waals surface area (Å²) in [6.45, 7) is 3.36. The van der Waals surface area contributed by atoms with Crippen LogP contribution in [0.1, 0.15) is 17.2 Å². The van der Waals surface area contributed by atoms with Crippen LogP contribution in [0.3, 0.4) is 0 Å². The zero-order valence-electron chi connectivity index (χ0n) is 12.2. The number of nitrogens with one attached hydrogen (secondary N) is 2. The fourth-order valence-electron chi connectivity index (χ4n) is 2.15. The van der Waals surface area contributed by atoms with Crippen LogP contribution in [0.15, 0.2) is 6.07 Å². The Kier molecular flexibility index (Phi) is 5.32. The molecule has 0 aliphatic carbocycles. The molecule has 1 aliphatic rings. The van der Waals surface area contributed by atoms with Crippen LogP contribution in [0.25, 0.3) is 0 Å². The SMILES string of the molecule is Cc1cc(C(F)(F)F)nc(CNC[C@]2(O)CNCCOC2)n1. The van der Waals surface area contributed by atoms with Gasteiger partial charge in [0.25, 0.3) is 0 Å². The number of alkyl halides is 3. The second-order valence-electron chi connectivity index (χ2n) is 5.37. The first-order chi connectivity index (χ1) is 10.3. The molecule has 6 nitrogen and oxygen atoms in total. The summed E-state index contributed by atoms with van der Waals surface area (Å²) in [6, 6.07) is 0.903. The van der Waals surface area contributed by atoms with Gasteiger partial charge in [0.05, 0.1) is 19.8 Å². The molecule has 124 valence electrons. The molecule has 3 N–H and O–H groups in total. The van der Waals surface area contributed by atoms with Crippen molar-refractivity contribution in [3.63, 3.8) is 0 Å². The maximum Gasteiger partial charge on any atom is 0.433 e. The van der Waals surface area contributed by atoms with Crippen molar-refractivity contribution in [1.82, 2.24) is 20.6 Å². The van der Waals surface area contributed by atoms with Gasteiger partial charge in [-0.05, 0) is 13.0 Å². The van der Waals surface area contributed by atoms with Crippen LogP contribution in [0.2, 0.25) is 0 Å². The Bertz CT molecular complexity index is 503. The number of halogens is 3. The minimum Gasteiger partial charge on any atom is -0.385 e. The van der Waals surface area contributed by atoms with Crippen LogP contribution < -0.4 is 10.6 Å². The third kappa shape index (κ3) is 4.87. The van der Waals surface area contributed by atoms with Gasteiger partial charge in [-0.25, -0.2) is 9.97 Å². The molecule has 1 aromatic rings. The molecule has 1 aromatic heterocycles. The van der Waals surface area contributed by atoms with E-state index in [1.165, 1.54) is 6.92 Å². The minimum atomic E-state index is -4.50. The summed E-state index contributed by atoms with van der Waals surface area (Å²) in [7, 11) is 0. The predicted octanol–water partition coefficient (Wildman–Crippen LogP) is 0.244. The van der Waals surface area contributed by atoms with Crippen LogP contribution in [-0.4, -0.2) is 53.5 Å². The number of rotatable bonds is 4. The Morgan fingerprint density at radius 1 is 1.45 bits per heavy atom. The van der Waals surface area contributed by atoms with Crippen molar-refractivity contribution in [2.45, 2.75) is 25.2 Å². The zero-order chi connectivity index (χ0) is 16.2. The highest BCUT2D eigenvalue weighted by atomic mass is 19.4. The third-order valence-electron chi connectivity index (χ3n) is 3.18. The van der Waals surface area contributed by atoms with Crippen molar-refractivity contribution >= 4 is 0 Å². The van der Waals surface area contributed by atoms with E-state index in [0.29, 0.717) is 19.7 Å². The second kappa shape index (κ2) is 6.86. The smallest absolute Gasteiger partial charge is 0.385 e. The molecule has 0 saturated carbocycles. The Morgan fingerprint density at radius 3 is 2.95 bits per heavy atom. The number of aromatic nitrogens is 2. The lowest BCUT2D eigenvalue weighted by Gasteiger charge is -2.26. The molecule has 9 heteroatoms. The molecule has 1 saturated heterocycles. The summed E-state index contributed by atoms with van der Waals surface area (Å²) >= 11 is 0. The Morgan fingerprint density at radius 2 is 2.23 bits per heavy atom. The largest absolute Gasteiger partial charge is 0.433 e. The van der Waals surface area contributed by atoms with Crippen molar-refractivity contribution in [2.75, 3.05) is 32.8 Å². The Hall–Kier alpha value is -1.29. The highest BCUT2D eigenvalue weighted by molar-refractivity contribution is 5.13. The number of hydrogen-bond acceptors (Lipinski definition) is 6. The van der Waals surface area contributed by atoms with Crippen molar-refractivity contribution in [3.05, 3.63) is 23.3 Å². The molecule has 1 fully saturated rings. The number of ether oxygens (including phenoxy) is 1. The van der Waals surface area contributed by atoms with Crippen LogP contribution in [-0.2, 0) is 17.5 Å². The summed E-state index contributed by atoms with van der Waals surface area (Å²) in [5.41, 5.74) is -1.82. The zero-order valence-corrected chi connectivity index (χ0v) is 12.2. The molecular formula is C13H19F3N4O2. The topological polar surface area (TPSA) is 79.3 Å². The van der Waals surface area contributed by atoms with E-state index < -0.39 is 17.5 Å². The second-order valence-corrected chi connectivity index (χ2v) is 5.37. The molecule has 1 aliphatic heterocycles. The van der Waals surface area contributed by atoms with Gasteiger partial charge in [-0.1, -0.05) is 0 Å². The minimum absolute atomic E-state index is 0.0348. The average Bonchev–Trinajstić information content (AvgIpc) is 2.62. The molecular weight excluding hydrogens is 301 g/mol. The van der Waals surface area contributed by atoms with Gasteiger partial charge in [0.15, 0.2) is 0 Å². The molecule has 0 aromatic carbocycles. The van der Waals surface area contributed by atoms with Gasteiger partial charge in [-0.3, -0.25) is 0 Å². The summed E-state index contributed by atoms with van der Waals surface area (Å²) in [5.74, 6) is 0.0402. The van der Waals surface area contributed by atoms with E-state index >= 15 is 0 Å². The molecule has 0 amide bonds. The lowest BCUT2D eigenvalue weighted by atomic mass is 10.1. The van der Waals surface area contributed by atoms with Gasteiger partial charge in [0.2, 0.25) is 0 Å². The quantitative estimate of drug-likeness (QED) is 0.738. The van der Waals surface area contributed by atoms with E-state index in [9.17, 15) is 18.3 Å². The van der Waals surface area contributed by atoms with Gasteiger partial charge in [-0.15, -0.1) is 0 Å². The van der Waals surface area contributed by atoms with Gasteiger partial charge < -0.3 is 20.5 Å². The standard InChI is InChI=1S/C13H19F3N4O2/c1-9-4-10(13(14,15)16)20-11(19-9)5-18-7-12(21)6-17-2-3-22-8-12/h4,17-18,21H,2-3,5-8H2,1H3/t12-/m1/s1. The predicted molar refractivity (Wildman–Crippen MR) is 72.1 cm³/mol. The fourth-order valence-corrected chi connectivity index (χ4v) is 2.15. The van der Waals surface area contributed by atoms with Gasteiger partial charge in [-0.2, -0.15) is 13.2 Å². The number of hydrogen-bond donors (Lipinski definition) is 3. The lowest BCUT2D eigenvalue weighted by molar-refractivity contribution is -0.141. The number of aryl methyl sites for hydroxylation is 1. The van der Waals surface area contributed by atoms with Crippen LogP contribution in [0, 0.1) is 6.92 Å². The van der Waals surface area contributed by atoms with Gasteiger partial charge in [0, 0.05) is 25.3 Å².